The van der Waals surface area contributed by atoms with Gasteiger partial charge < -0.3 is 24.8 Å². The molecule has 10 heteroatoms. The Morgan fingerprint density at radius 2 is 1.67 bits per heavy atom. The molecule has 4 saturated heterocycles. The summed E-state index contributed by atoms with van der Waals surface area (Å²) in [6, 6.07) is 6.84. The summed E-state index contributed by atoms with van der Waals surface area (Å²) in [5.41, 5.74) is -0.199. The van der Waals surface area contributed by atoms with E-state index >= 15 is 0 Å². The molecule has 4 aliphatic rings. The quantitative estimate of drug-likeness (QED) is 0.590. The lowest BCUT2D eigenvalue weighted by molar-refractivity contribution is -0.160. The molecule has 9 nitrogen and oxygen atoms in total. The molecule has 5 rings (SSSR count). The van der Waals surface area contributed by atoms with E-state index in [2.05, 4.69) is 15.1 Å². The molecule has 1 N–H and O–H groups in total. The van der Waals surface area contributed by atoms with Gasteiger partial charge in [-0.25, -0.2) is 4.39 Å². The third kappa shape index (κ3) is 5.63. The second-order valence-corrected chi connectivity index (χ2v) is 11.8. The molecule has 0 unspecified atom stereocenters. The molecule has 214 valence electrons. The second kappa shape index (κ2) is 11.4. The number of piperazine rings is 1. The molecule has 0 saturated carbocycles. The van der Waals surface area contributed by atoms with Gasteiger partial charge in [-0.15, -0.1) is 0 Å². The van der Waals surface area contributed by atoms with E-state index in [9.17, 15) is 18.8 Å². The van der Waals surface area contributed by atoms with Crippen molar-refractivity contribution in [3.63, 3.8) is 0 Å². The molecule has 39 heavy (non-hydrogen) atoms. The van der Waals surface area contributed by atoms with E-state index in [1.165, 1.54) is 19.1 Å². The Bertz CT molecular complexity index is 1040. The van der Waals surface area contributed by atoms with Gasteiger partial charge in [0.05, 0.1) is 5.41 Å². The highest BCUT2D eigenvalue weighted by molar-refractivity contribution is 5.91. The number of anilines is 1. The van der Waals surface area contributed by atoms with E-state index in [1.54, 1.807) is 11.9 Å². The number of rotatable bonds is 6. The lowest BCUT2D eigenvalue weighted by Gasteiger charge is -2.47. The van der Waals surface area contributed by atoms with E-state index in [-0.39, 0.29) is 29.6 Å². The highest BCUT2D eigenvalue weighted by atomic mass is 19.1. The van der Waals surface area contributed by atoms with E-state index in [0.29, 0.717) is 52.0 Å². The monoisotopic (exact) mass is 543 g/mol. The average Bonchev–Trinajstić information content (AvgIpc) is 3.26. The Kier molecular flexibility index (Phi) is 8.14. The number of likely N-dealkylation sites (N-methyl/N-ethyl adjacent to an activating group) is 1. The first-order valence-electron chi connectivity index (χ1n) is 14.4. The molecule has 1 atom stereocenters. The first kappa shape index (κ1) is 27.8. The average molecular weight is 544 g/mol. The van der Waals surface area contributed by atoms with Crippen molar-refractivity contribution in [2.45, 2.75) is 57.0 Å². The van der Waals surface area contributed by atoms with Crippen LogP contribution in [0.2, 0.25) is 0 Å². The maximum Gasteiger partial charge on any atom is 0.248 e. The van der Waals surface area contributed by atoms with E-state index in [0.717, 1.165) is 51.3 Å². The highest BCUT2D eigenvalue weighted by Crippen LogP contribution is 2.42. The molecule has 3 amide bonds. The number of carbonyl (C=O) groups is 3. The SMILES string of the molecule is CC(=O)N(C)C1(C(=O)N2CCC3(CC2)C[C@H](CCN2CCN(c4ccc(F)cc4)CC2)NC3=O)CCOCC1. The van der Waals surface area contributed by atoms with Crippen molar-refractivity contribution < 1.29 is 23.5 Å². The molecule has 4 fully saturated rings. The Morgan fingerprint density at radius 1 is 1.03 bits per heavy atom. The fourth-order valence-electron chi connectivity index (χ4n) is 6.91. The molecule has 1 aromatic rings. The summed E-state index contributed by atoms with van der Waals surface area (Å²) in [7, 11) is 1.72. The standard InChI is InChI=1S/C29H42FN5O4/c1-22(36)32(2)29(10-19-39-20-11-29)27(38)35-13-8-28(9-14-35)21-24(31-26(28)37)7-12-33-15-17-34(18-16-33)25-5-3-23(30)4-6-25/h3-6,24H,7-21H2,1-2H3,(H,31,37)/t24-/m0/s1. The molecule has 4 aliphatic heterocycles. The third-order valence-electron chi connectivity index (χ3n) is 9.65. The normalized spacial score (nSPS) is 25.0. The predicted molar refractivity (Wildman–Crippen MR) is 146 cm³/mol. The van der Waals surface area contributed by atoms with Crippen LogP contribution in [0.4, 0.5) is 10.1 Å². The third-order valence-corrected chi connectivity index (χ3v) is 9.65. The van der Waals surface area contributed by atoms with Crippen molar-refractivity contribution in [3.05, 3.63) is 30.1 Å². The largest absolute Gasteiger partial charge is 0.381 e. The molecule has 0 aromatic heterocycles. The van der Waals surface area contributed by atoms with Crippen LogP contribution in [0, 0.1) is 11.2 Å². The number of piperidine rings is 1. The zero-order valence-corrected chi connectivity index (χ0v) is 23.3. The van der Waals surface area contributed by atoms with Crippen LogP contribution in [0.25, 0.3) is 0 Å². The Balaban J connectivity index is 1.11. The molecular weight excluding hydrogens is 501 g/mol. The van der Waals surface area contributed by atoms with Gasteiger partial charge in [0.25, 0.3) is 0 Å². The van der Waals surface area contributed by atoms with Gasteiger partial charge in [-0.2, -0.15) is 0 Å². The van der Waals surface area contributed by atoms with Gasteiger partial charge in [0, 0.05) is 97.6 Å². The van der Waals surface area contributed by atoms with Crippen LogP contribution < -0.4 is 10.2 Å². The van der Waals surface area contributed by atoms with E-state index in [4.69, 9.17) is 4.74 Å². The summed E-state index contributed by atoms with van der Waals surface area (Å²) in [6.07, 6.45) is 4.06. The zero-order valence-electron chi connectivity index (χ0n) is 23.3. The second-order valence-electron chi connectivity index (χ2n) is 11.8. The number of likely N-dealkylation sites (tertiary alicyclic amines) is 1. The van der Waals surface area contributed by atoms with Crippen LogP contribution in [-0.4, -0.2) is 110 Å². The van der Waals surface area contributed by atoms with Crippen molar-refractivity contribution in [1.29, 1.82) is 0 Å². The van der Waals surface area contributed by atoms with Gasteiger partial charge in [0.1, 0.15) is 11.4 Å². The van der Waals surface area contributed by atoms with Gasteiger partial charge in [0.2, 0.25) is 17.7 Å². The summed E-state index contributed by atoms with van der Waals surface area (Å²) >= 11 is 0. The van der Waals surface area contributed by atoms with Gasteiger partial charge in [-0.1, -0.05) is 0 Å². The minimum absolute atomic E-state index is 0.00640. The molecular formula is C29H42FN5O4. The van der Waals surface area contributed by atoms with Crippen LogP contribution in [0.3, 0.4) is 0 Å². The Hall–Kier alpha value is -2.72. The number of hydrogen-bond acceptors (Lipinski definition) is 6. The van der Waals surface area contributed by atoms with Crippen molar-refractivity contribution >= 4 is 23.4 Å². The smallest absolute Gasteiger partial charge is 0.248 e. The van der Waals surface area contributed by atoms with Gasteiger partial charge in [-0.3, -0.25) is 19.3 Å². The highest BCUT2D eigenvalue weighted by Gasteiger charge is 2.52. The number of amides is 3. The van der Waals surface area contributed by atoms with Gasteiger partial charge in [0.15, 0.2) is 0 Å². The Labute approximate surface area is 230 Å². The fourth-order valence-corrected chi connectivity index (χ4v) is 6.91. The number of nitrogens with zero attached hydrogens (tertiary/aromatic N) is 4. The van der Waals surface area contributed by atoms with Crippen molar-refractivity contribution in [2.75, 3.05) is 71.0 Å². The minimum atomic E-state index is -0.851. The summed E-state index contributed by atoms with van der Waals surface area (Å²) in [6.45, 7) is 8.15. The van der Waals surface area contributed by atoms with Crippen LogP contribution in [-0.2, 0) is 19.1 Å². The number of halogens is 1. The van der Waals surface area contributed by atoms with Crippen LogP contribution >= 0.6 is 0 Å². The van der Waals surface area contributed by atoms with E-state index in [1.807, 2.05) is 17.0 Å². The molecule has 0 aliphatic carbocycles. The maximum absolute atomic E-state index is 13.7. The number of benzene rings is 1. The first-order valence-corrected chi connectivity index (χ1v) is 14.4. The predicted octanol–water partition coefficient (Wildman–Crippen LogP) is 1.86. The summed E-state index contributed by atoms with van der Waals surface area (Å²) in [4.78, 5) is 47.3. The number of ether oxygens (including phenoxy) is 1. The summed E-state index contributed by atoms with van der Waals surface area (Å²) < 4.78 is 18.7. The topological polar surface area (TPSA) is 85.4 Å². The van der Waals surface area contributed by atoms with Crippen molar-refractivity contribution in [1.82, 2.24) is 20.0 Å². The summed E-state index contributed by atoms with van der Waals surface area (Å²) in [5, 5.41) is 3.26. The van der Waals surface area contributed by atoms with Crippen LogP contribution in [0.15, 0.2) is 24.3 Å². The lowest BCUT2D eigenvalue weighted by Crippen LogP contribution is -2.63. The molecule has 1 spiro atoms. The molecule has 4 heterocycles. The molecule has 0 bridgehead atoms. The van der Waals surface area contributed by atoms with Gasteiger partial charge >= 0.3 is 0 Å². The van der Waals surface area contributed by atoms with Crippen molar-refractivity contribution in [2.24, 2.45) is 5.41 Å². The summed E-state index contributed by atoms with van der Waals surface area (Å²) in [5.74, 6) is -0.209. The lowest BCUT2D eigenvalue weighted by atomic mass is 9.75. The number of carbonyl (C=O) groups excluding carboxylic acids is 3. The Morgan fingerprint density at radius 3 is 2.28 bits per heavy atom. The van der Waals surface area contributed by atoms with E-state index < -0.39 is 11.0 Å². The number of hydrogen-bond donors (Lipinski definition) is 1. The number of nitrogens with one attached hydrogen (secondary N) is 1. The van der Waals surface area contributed by atoms with Crippen LogP contribution in [0.1, 0.15) is 45.4 Å². The van der Waals surface area contributed by atoms with Crippen LogP contribution in [0.5, 0.6) is 0 Å². The molecule has 0 radical (unpaired) electrons. The first-order chi connectivity index (χ1) is 18.7. The zero-order chi connectivity index (χ0) is 27.6. The minimum Gasteiger partial charge on any atom is -0.381 e. The molecule has 1 aromatic carbocycles. The maximum atomic E-state index is 13.7. The van der Waals surface area contributed by atoms with Gasteiger partial charge in [-0.05, 0) is 49.9 Å². The fraction of sp³-hybridized carbons (Fsp3) is 0.690. The van der Waals surface area contributed by atoms with Crippen molar-refractivity contribution in [3.8, 4) is 0 Å².